The molecule has 0 bridgehead atoms. The van der Waals surface area contributed by atoms with Crippen LogP contribution in [0.1, 0.15) is 39.5 Å². The van der Waals surface area contributed by atoms with Gasteiger partial charge in [-0.15, -0.1) is 0 Å². The summed E-state index contributed by atoms with van der Waals surface area (Å²) in [7, 11) is 0. The highest BCUT2D eigenvalue weighted by atomic mass is 16.5. The van der Waals surface area contributed by atoms with Crippen LogP contribution in [0.3, 0.4) is 0 Å². The molecule has 0 aromatic carbocycles. The first kappa shape index (κ1) is 17.9. The Bertz CT molecular complexity index is 328. The van der Waals surface area contributed by atoms with E-state index in [-0.39, 0.29) is 12.5 Å². The molecule has 6 nitrogen and oxygen atoms in total. The first-order chi connectivity index (χ1) is 10.1. The zero-order valence-corrected chi connectivity index (χ0v) is 13.0. The maximum atomic E-state index is 12.5. The molecule has 0 spiro atoms. The molecule has 1 aliphatic heterocycles. The Hall–Kier alpha value is -1.14. The molecule has 6 heteroatoms. The van der Waals surface area contributed by atoms with Crippen molar-refractivity contribution in [2.24, 2.45) is 5.92 Å². The third kappa shape index (κ3) is 6.44. The van der Waals surface area contributed by atoms with Gasteiger partial charge in [-0.05, 0) is 32.6 Å². The number of hydrogen-bond acceptors (Lipinski definition) is 4. The Balaban J connectivity index is 2.55. The standard InChI is InChI=1S/C15H27NO5/c1-3-20-9-6-8-16(11-12(2)15(18)19)14(17)13-7-4-5-10-21-13/h12-13H,3-11H2,1-2H3,(H,18,19). The lowest BCUT2D eigenvalue weighted by molar-refractivity contribution is -0.149. The van der Waals surface area contributed by atoms with Gasteiger partial charge in [-0.2, -0.15) is 0 Å². The molecule has 0 aliphatic carbocycles. The van der Waals surface area contributed by atoms with Crippen LogP contribution in [0.15, 0.2) is 0 Å². The summed E-state index contributed by atoms with van der Waals surface area (Å²) < 4.78 is 10.8. The number of rotatable bonds is 9. The van der Waals surface area contributed by atoms with Crippen LogP contribution in [0.2, 0.25) is 0 Å². The monoisotopic (exact) mass is 301 g/mol. The van der Waals surface area contributed by atoms with Crippen molar-refractivity contribution in [2.75, 3.05) is 32.9 Å². The minimum absolute atomic E-state index is 0.0840. The summed E-state index contributed by atoms with van der Waals surface area (Å²) in [6.45, 7) is 6.10. The van der Waals surface area contributed by atoms with Gasteiger partial charge in [0.2, 0.25) is 0 Å². The highest BCUT2D eigenvalue weighted by Gasteiger charge is 2.28. The zero-order chi connectivity index (χ0) is 15.7. The second kappa shape index (κ2) is 9.73. The van der Waals surface area contributed by atoms with Crippen LogP contribution in [0.5, 0.6) is 0 Å². The minimum atomic E-state index is -0.887. The first-order valence-corrected chi connectivity index (χ1v) is 7.77. The van der Waals surface area contributed by atoms with Crippen LogP contribution >= 0.6 is 0 Å². The van der Waals surface area contributed by atoms with Crippen molar-refractivity contribution in [3.05, 3.63) is 0 Å². The second-order valence-electron chi connectivity index (χ2n) is 5.43. The van der Waals surface area contributed by atoms with Crippen molar-refractivity contribution in [1.82, 2.24) is 4.90 Å². The fourth-order valence-corrected chi connectivity index (χ4v) is 2.34. The Morgan fingerprint density at radius 2 is 2.19 bits per heavy atom. The summed E-state index contributed by atoms with van der Waals surface area (Å²) in [5.74, 6) is -1.55. The molecule has 1 rings (SSSR count). The Morgan fingerprint density at radius 3 is 2.76 bits per heavy atom. The van der Waals surface area contributed by atoms with Gasteiger partial charge in [-0.1, -0.05) is 6.92 Å². The van der Waals surface area contributed by atoms with Crippen molar-refractivity contribution < 1.29 is 24.2 Å². The van der Waals surface area contributed by atoms with Gasteiger partial charge in [0, 0.05) is 32.9 Å². The van der Waals surface area contributed by atoms with E-state index in [1.807, 2.05) is 6.92 Å². The molecule has 1 fully saturated rings. The fraction of sp³-hybridized carbons (Fsp3) is 0.867. The van der Waals surface area contributed by atoms with Crippen LogP contribution in [0.25, 0.3) is 0 Å². The number of hydrogen-bond donors (Lipinski definition) is 1. The van der Waals surface area contributed by atoms with E-state index in [0.717, 1.165) is 19.3 Å². The summed E-state index contributed by atoms with van der Waals surface area (Å²) in [6.07, 6.45) is 2.99. The molecule has 1 amide bonds. The van der Waals surface area contributed by atoms with Crippen LogP contribution < -0.4 is 0 Å². The van der Waals surface area contributed by atoms with Gasteiger partial charge in [0.1, 0.15) is 6.10 Å². The normalized spacial score (nSPS) is 20.0. The topological polar surface area (TPSA) is 76.1 Å². The molecule has 1 N–H and O–H groups in total. The predicted molar refractivity (Wildman–Crippen MR) is 78.1 cm³/mol. The van der Waals surface area contributed by atoms with Gasteiger partial charge in [-0.25, -0.2) is 0 Å². The molecule has 2 unspecified atom stereocenters. The molecule has 122 valence electrons. The van der Waals surface area contributed by atoms with Crippen molar-refractivity contribution in [1.29, 1.82) is 0 Å². The quantitative estimate of drug-likeness (QED) is 0.654. The first-order valence-electron chi connectivity index (χ1n) is 7.77. The molecule has 2 atom stereocenters. The van der Waals surface area contributed by atoms with Crippen molar-refractivity contribution in [3.63, 3.8) is 0 Å². The number of carboxylic acid groups (broad SMARTS) is 1. The third-order valence-corrected chi connectivity index (χ3v) is 3.60. The van der Waals surface area contributed by atoms with Crippen molar-refractivity contribution >= 4 is 11.9 Å². The van der Waals surface area contributed by atoms with Gasteiger partial charge < -0.3 is 19.5 Å². The van der Waals surface area contributed by atoms with Gasteiger partial charge >= 0.3 is 5.97 Å². The number of amides is 1. The van der Waals surface area contributed by atoms with E-state index >= 15 is 0 Å². The SMILES string of the molecule is CCOCCCN(CC(C)C(=O)O)C(=O)C1CCCCO1. The molecule has 1 heterocycles. The number of aliphatic carboxylic acids is 1. The molecule has 0 aromatic rings. The smallest absolute Gasteiger partial charge is 0.308 e. The maximum absolute atomic E-state index is 12.5. The highest BCUT2D eigenvalue weighted by molar-refractivity contribution is 5.81. The lowest BCUT2D eigenvalue weighted by Gasteiger charge is -2.30. The van der Waals surface area contributed by atoms with E-state index in [0.29, 0.717) is 32.8 Å². The van der Waals surface area contributed by atoms with Crippen molar-refractivity contribution in [2.45, 2.75) is 45.6 Å². The molecular formula is C15H27NO5. The lowest BCUT2D eigenvalue weighted by Crippen LogP contribution is -2.45. The van der Waals surface area contributed by atoms with Gasteiger partial charge in [0.25, 0.3) is 5.91 Å². The molecule has 0 saturated carbocycles. The average molecular weight is 301 g/mol. The summed E-state index contributed by atoms with van der Waals surface area (Å²) in [5, 5.41) is 9.04. The van der Waals surface area contributed by atoms with Crippen LogP contribution in [0.4, 0.5) is 0 Å². The molecular weight excluding hydrogens is 274 g/mol. The van der Waals surface area contributed by atoms with E-state index in [2.05, 4.69) is 0 Å². The largest absolute Gasteiger partial charge is 0.481 e. The van der Waals surface area contributed by atoms with Gasteiger partial charge in [-0.3, -0.25) is 9.59 Å². The Morgan fingerprint density at radius 1 is 1.43 bits per heavy atom. The number of carboxylic acids is 1. The molecule has 0 radical (unpaired) electrons. The molecule has 1 aliphatic rings. The minimum Gasteiger partial charge on any atom is -0.481 e. The van der Waals surface area contributed by atoms with E-state index < -0.39 is 18.0 Å². The second-order valence-corrected chi connectivity index (χ2v) is 5.43. The predicted octanol–water partition coefficient (Wildman–Crippen LogP) is 1.53. The maximum Gasteiger partial charge on any atom is 0.308 e. The number of ether oxygens (including phenoxy) is 2. The average Bonchev–Trinajstić information content (AvgIpc) is 2.50. The number of carbonyl (C=O) groups excluding carboxylic acids is 1. The van der Waals surface area contributed by atoms with Crippen molar-refractivity contribution in [3.8, 4) is 0 Å². The fourth-order valence-electron chi connectivity index (χ4n) is 2.34. The summed E-state index contributed by atoms with van der Waals surface area (Å²) in [4.78, 5) is 25.1. The number of carbonyl (C=O) groups is 2. The molecule has 1 saturated heterocycles. The lowest BCUT2D eigenvalue weighted by atomic mass is 10.1. The van der Waals surface area contributed by atoms with E-state index in [1.165, 1.54) is 0 Å². The third-order valence-electron chi connectivity index (χ3n) is 3.60. The number of nitrogens with zero attached hydrogens (tertiary/aromatic N) is 1. The summed E-state index contributed by atoms with van der Waals surface area (Å²) in [6, 6.07) is 0. The van der Waals surface area contributed by atoms with Crippen LogP contribution in [-0.4, -0.2) is 60.9 Å². The Labute approximate surface area is 126 Å². The summed E-state index contributed by atoms with van der Waals surface area (Å²) >= 11 is 0. The zero-order valence-electron chi connectivity index (χ0n) is 13.0. The van der Waals surface area contributed by atoms with Gasteiger partial charge in [0.15, 0.2) is 0 Å². The highest BCUT2D eigenvalue weighted by Crippen LogP contribution is 2.16. The van der Waals surface area contributed by atoms with Crippen LogP contribution in [-0.2, 0) is 19.1 Å². The van der Waals surface area contributed by atoms with Crippen LogP contribution in [0, 0.1) is 5.92 Å². The summed E-state index contributed by atoms with van der Waals surface area (Å²) in [5.41, 5.74) is 0. The van der Waals surface area contributed by atoms with E-state index in [9.17, 15) is 9.59 Å². The molecule has 21 heavy (non-hydrogen) atoms. The van der Waals surface area contributed by atoms with Gasteiger partial charge in [0.05, 0.1) is 5.92 Å². The Kier molecular flexibility index (Phi) is 8.30. The van der Waals surface area contributed by atoms with E-state index in [4.69, 9.17) is 14.6 Å². The van der Waals surface area contributed by atoms with E-state index in [1.54, 1.807) is 11.8 Å². The molecule has 0 aromatic heterocycles.